The molecule has 0 radical (unpaired) electrons. The maximum atomic E-state index is 2.87. The summed E-state index contributed by atoms with van der Waals surface area (Å²) in [7, 11) is 0. The summed E-state index contributed by atoms with van der Waals surface area (Å²) in [6.07, 6.45) is 7.20. The van der Waals surface area contributed by atoms with Gasteiger partial charge in [-0.15, -0.1) is 24.8 Å². The fourth-order valence-electron chi connectivity index (χ4n) is 13.0. The van der Waals surface area contributed by atoms with Crippen LogP contribution in [0.4, 0.5) is 0 Å². The van der Waals surface area contributed by atoms with E-state index in [1.807, 2.05) is 0 Å². The number of halogens is 2. The van der Waals surface area contributed by atoms with Crippen molar-refractivity contribution in [3.05, 3.63) is 249 Å². The Morgan fingerprint density at radius 2 is 0.577 bits per heavy atom. The molecule has 2 aliphatic carbocycles. The van der Waals surface area contributed by atoms with Crippen LogP contribution in [0.3, 0.4) is 0 Å². The second-order valence-electron chi connectivity index (χ2n) is 27.9. The van der Waals surface area contributed by atoms with Gasteiger partial charge in [0, 0.05) is 0 Å². The van der Waals surface area contributed by atoms with Crippen LogP contribution >= 0.6 is 24.8 Å². The van der Waals surface area contributed by atoms with Crippen molar-refractivity contribution in [3.63, 3.8) is 0 Å². The molecule has 0 fully saturated rings. The molecule has 2 unspecified atom stereocenters. The van der Waals surface area contributed by atoms with Crippen molar-refractivity contribution < 1.29 is 17.4 Å². The molecule has 0 N–H and O–H groups in total. The molecule has 2 atom stereocenters. The second-order valence-corrected chi connectivity index (χ2v) is 58.3. The molecule has 0 bridgehead atoms. The Bertz CT molecular complexity index is 3350. The number of benzene rings is 8. The van der Waals surface area contributed by atoms with E-state index in [0.29, 0.717) is 0 Å². The molecule has 0 spiro atoms. The molecule has 402 valence electrons. The Kier molecular flexibility index (Phi) is 16.5. The number of hydrogen-bond donors (Lipinski definition) is 0. The minimum Gasteiger partial charge on any atom is -0.147 e. The molecule has 10 rings (SSSR count). The smallest absolute Gasteiger partial charge is 0.147 e. The minimum absolute atomic E-state index is 0. The van der Waals surface area contributed by atoms with E-state index >= 15 is 0 Å². The van der Waals surface area contributed by atoms with E-state index in [9.17, 15) is 0 Å². The fraction of sp³-hybridized carbons (Fsp3) is 0.297. The second kappa shape index (κ2) is 21.8. The van der Waals surface area contributed by atoms with Crippen molar-refractivity contribution in [3.8, 4) is 44.5 Å². The first-order chi connectivity index (χ1) is 35.7. The largest absolute Gasteiger partial charge is 0.147 e. The summed E-state index contributed by atoms with van der Waals surface area (Å²) in [4.78, 5) is 0. The average Bonchev–Trinajstić information content (AvgIpc) is 4.14. The van der Waals surface area contributed by atoms with Gasteiger partial charge < -0.3 is 0 Å². The van der Waals surface area contributed by atoms with E-state index in [2.05, 4.69) is 293 Å². The number of fused-ring (bicyclic) bond motifs is 2. The monoisotopic (exact) mass is 1160 g/mol. The quantitative estimate of drug-likeness (QED) is 0.120. The first-order valence-corrected chi connectivity index (χ1v) is 41.8. The summed E-state index contributed by atoms with van der Waals surface area (Å²) >= 11 is -4.55. The third-order valence-electron chi connectivity index (χ3n) is 17.2. The molecule has 8 aromatic carbocycles. The fourth-order valence-corrected chi connectivity index (χ4v) is 32.4. The molecule has 4 heteroatoms. The van der Waals surface area contributed by atoms with Crippen molar-refractivity contribution in [1.29, 1.82) is 0 Å². The van der Waals surface area contributed by atoms with E-state index in [0.717, 1.165) is 12.8 Å². The molecule has 2 aliphatic rings. The maximum Gasteiger partial charge on any atom is -0.147 e. The Morgan fingerprint density at radius 3 is 0.833 bits per heavy atom. The van der Waals surface area contributed by atoms with Gasteiger partial charge in [-0.05, 0) is 0 Å². The van der Waals surface area contributed by atoms with Crippen LogP contribution in [0, 0.1) is 0 Å². The molecular weight excluding hydrogens is 1080 g/mol. The topological polar surface area (TPSA) is 0 Å². The number of rotatable bonds is 10. The number of hydrogen-bond acceptors (Lipinski definition) is 0. The average molecular weight is 1160 g/mol. The van der Waals surface area contributed by atoms with Crippen molar-refractivity contribution in [2.75, 3.05) is 0 Å². The van der Waals surface area contributed by atoms with Gasteiger partial charge in [-0.1, -0.05) is 0 Å². The Hall–Kier alpha value is -5.08. The van der Waals surface area contributed by atoms with Crippen molar-refractivity contribution in [1.82, 2.24) is 0 Å². The van der Waals surface area contributed by atoms with Crippen LogP contribution in [0.2, 0.25) is 9.26 Å². The summed E-state index contributed by atoms with van der Waals surface area (Å²) < 4.78 is 6.21. The predicted octanol–water partition coefficient (Wildman–Crippen LogP) is 20.8. The zero-order valence-corrected chi connectivity index (χ0v) is 54.6. The van der Waals surface area contributed by atoms with Gasteiger partial charge in [0.05, 0.1) is 0 Å². The third-order valence-corrected chi connectivity index (χ3v) is 34.6. The Morgan fingerprint density at radius 1 is 0.333 bits per heavy atom. The SMILES string of the molecule is CC(C)(C)c1ccc(-c2ccc(-c3ccc(C(C)(C)C)cc3)c3c2C=C(Cc2ccccc2)[CH]3[Zr]([CH3])([CH3])(=[SiH2])[CH]2C(Cc3ccccc3)=Cc3c(-c4ccc(C(C)(C)C)cc4)ccc(-c4ccc(C(C)(C)C)cc4)c32)cc1.Cl.Cl. The van der Waals surface area contributed by atoms with Gasteiger partial charge in [0.25, 0.3) is 0 Å². The molecule has 0 aliphatic heterocycles. The zero-order valence-electron chi connectivity index (χ0n) is 49.1. The van der Waals surface area contributed by atoms with Gasteiger partial charge >= 0.3 is 464 Å². The summed E-state index contributed by atoms with van der Waals surface area (Å²) in [5.41, 5.74) is 28.1. The van der Waals surface area contributed by atoms with Gasteiger partial charge in [-0.25, -0.2) is 0 Å². The van der Waals surface area contributed by atoms with E-state index in [1.54, 1.807) is 11.1 Å². The molecule has 0 saturated carbocycles. The molecule has 8 aromatic rings. The first-order valence-electron chi connectivity index (χ1n) is 28.1. The van der Waals surface area contributed by atoms with Crippen LogP contribution < -0.4 is 0 Å². The molecule has 78 heavy (non-hydrogen) atoms. The molecule has 0 saturated heterocycles. The van der Waals surface area contributed by atoms with Gasteiger partial charge in [0.2, 0.25) is 0 Å². The molecule has 0 heterocycles. The molecule has 0 amide bonds. The van der Waals surface area contributed by atoms with E-state index in [1.165, 1.54) is 100 Å². The minimum atomic E-state index is -4.55. The first kappa shape index (κ1) is 59.1. The maximum absolute atomic E-state index is 4.55. The Balaban J connectivity index is 0.00000401. The summed E-state index contributed by atoms with van der Waals surface area (Å²) in [6.45, 7) is 30.4. The van der Waals surface area contributed by atoms with Gasteiger partial charge in [-0.2, -0.15) is 0 Å². The zero-order chi connectivity index (χ0) is 54.2. The molecular formula is C74H84Cl2SiZr. The van der Waals surface area contributed by atoms with Crippen LogP contribution in [0.25, 0.3) is 56.7 Å². The summed E-state index contributed by atoms with van der Waals surface area (Å²) in [5.74, 6) is 0. The standard InChI is InChI=1S/2C36H37.2CH3.2ClH.H2Si.Zr/c2*1-35(2,3)29-16-12-27(13-17-29)31-20-21-32(28-14-18-30(19-15-28)36(4,5)6)34-24-26(23-33(31)34)22-25-10-8-7-9-11-25;;;;;;/h2*7-21,23-24H,22H2,1-6H3;2*1H3;2*1H;1H2;. The van der Waals surface area contributed by atoms with Crippen LogP contribution in [0.1, 0.15) is 146 Å². The van der Waals surface area contributed by atoms with Gasteiger partial charge in [-0.3, -0.25) is 0 Å². The van der Waals surface area contributed by atoms with E-state index in [-0.39, 0.29) is 53.7 Å². The van der Waals surface area contributed by atoms with Crippen LogP contribution in [0.5, 0.6) is 0 Å². The van der Waals surface area contributed by atoms with E-state index in [4.69, 9.17) is 0 Å². The Labute approximate surface area is 484 Å². The van der Waals surface area contributed by atoms with Crippen molar-refractivity contribution in [2.24, 2.45) is 0 Å². The predicted molar refractivity (Wildman–Crippen MR) is 346 cm³/mol. The molecule has 0 aromatic heterocycles. The van der Waals surface area contributed by atoms with Crippen LogP contribution in [-0.2, 0) is 51.9 Å². The van der Waals surface area contributed by atoms with Crippen molar-refractivity contribution in [2.45, 2.75) is 134 Å². The van der Waals surface area contributed by atoms with Gasteiger partial charge in [0.1, 0.15) is 0 Å². The van der Waals surface area contributed by atoms with Crippen molar-refractivity contribution >= 4 is 43.8 Å². The summed E-state index contributed by atoms with van der Waals surface area (Å²) in [5, 5.41) is 0. The summed E-state index contributed by atoms with van der Waals surface area (Å²) in [6, 6.07) is 70.9. The normalized spacial score (nSPS) is 15.6. The van der Waals surface area contributed by atoms with E-state index < -0.39 is 17.4 Å². The third kappa shape index (κ3) is 11.6. The van der Waals surface area contributed by atoms with Crippen LogP contribution in [0.15, 0.2) is 193 Å². The van der Waals surface area contributed by atoms with Crippen LogP contribution in [-0.4, -0.2) is 6.88 Å². The number of allylic oxidation sites excluding steroid dienone is 2. The molecule has 0 nitrogen and oxygen atoms in total. The van der Waals surface area contributed by atoms with Gasteiger partial charge in [0.15, 0.2) is 0 Å².